The summed E-state index contributed by atoms with van der Waals surface area (Å²) in [5, 5.41) is 1.16. The van der Waals surface area contributed by atoms with E-state index >= 15 is 0 Å². The number of carbonyl (C=O) groups excluding carboxylic acids is 1. The summed E-state index contributed by atoms with van der Waals surface area (Å²) >= 11 is 0. The van der Waals surface area contributed by atoms with Crippen molar-refractivity contribution in [3.8, 4) is 0 Å². The van der Waals surface area contributed by atoms with Gasteiger partial charge in [0.25, 0.3) is 0 Å². The van der Waals surface area contributed by atoms with Gasteiger partial charge in [0, 0.05) is 36.5 Å². The zero-order valence-corrected chi connectivity index (χ0v) is 20.4. The number of carbonyl (C=O) groups is 1. The minimum Gasteiger partial charge on any atom is -0.354 e. The number of aromatic nitrogens is 1. The van der Waals surface area contributed by atoms with Gasteiger partial charge in [-0.3, -0.25) is 4.79 Å². The number of sulfone groups is 1. The molecule has 0 radical (unpaired) electrons. The van der Waals surface area contributed by atoms with Crippen LogP contribution in [-0.2, 0) is 27.4 Å². The van der Waals surface area contributed by atoms with Crippen LogP contribution in [0.25, 0.3) is 0 Å². The third-order valence-electron chi connectivity index (χ3n) is 6.21. The Balaban J connectivity index is 1.78. The third kappa shape index (κ3) is 6.10. The van der Waals surface area contributed by atoms with Crippen molar-refractivity contribution >= 4 is 21.6 Å². The minimum absolute atomic E-state index is 0.0131. The highest BCUT2D eigenvalue weighted by atomic mass is 32.2. The second-order valence-electron chi connectivity index (χ2n) is 8.83. The molecule has 192 valence electrons. The Hall–Kier alpha value is -2.73. The lowest BCUT2D eigenvalue weighted by Crippen LogP contribution is -2.32. The summed E-state index contributed by atoms with van der Waals surface area (Å²) in [4.78, 5) is 18.4. The maximum atomic E-state index is 14.5. The Morgan fingerprint density at radius 3 is 2.51 bits per heavy atom. The van der Waals surface area contributed by atoms with E-state index in [9.17, 15) is 30.8 Å². The van der Waals surface area contributed by atoms with Gasteiger partial charge >= 0.3 is 6.18 Å². The molecule has 3 rings (SSSR count). The van der Waals surface area contributed by atoms with E-state index in [-0.39, 0.29) is 24.0 Å². The maximum absolute atomic E-state index is 14.5. The average molecular weight is 517 g/mol. The van der Waals surface area contributed by atoms with Crippen molar-refractivity contribution in [1.29, 1.82) is 0 Å². The lowest BCUT2D eigenvalue weighted by molar-refractivity contribution is -0.141. The lowest BCUT2D eigenvalue weighted by Gasteiger charge is -2.26. The van der Waals surface area contributed by atoms with Gasteiger partial charge in [-0.15, -0.1) is 0 Å². The van der Waals surface area contributed by atoms with E-state index in [2.05, 4.69) is 10.3 Å². The monoisotopic (exact) mass is 516 g/mol. The second-order valence-corrected chi connectivity index (χ2v) is 11.0. The number of pyridine rings is 1. The van der Waals surface area contributed by atoms with E-state index < -0.39 is 44.7 Å². The van der Waals surface area contributed by atoms with Crippen LogP contribution >= 0.6 is 0 Å². The first-order valence-electron chi connectivity index (χ1n) is 11.1. The Labute approximate surface area is 201 Å². The summed E-state index contributed by atoms with van der Waals surface area (Å²) < 4.78 is 77.5. The average Bonchev–Trinajstić information content (AvgIpc) is 3.20. The van der Waals surface area contributed by atoms with Gasteiger partial charge in [-0.05, 0) is 44.4 Å². The van der Waals surface area contributed by atoms with Crippen molar-refractivity contribution in [2.24, 2.45) is 5.73 Å². The molecule has 0 aliphatic carbocycles. The second kappa shape index (κ2) is 10.1. The number of nitrogens with two attached hydrogens (primary N) is 1. The molecule has 12 heteroatoms. The Morgan fingerprint density at radius 2 is 1.97 bits per heavy atom. The molecule has 0 bridgehead atoms. The lowest BCUT2D eigenvalue weighted by atomic mass is 9.98. The summed E-state index contributed by atoms with van der Waals surface area (Å²) in [6, 6.07) is 5.91. The molecule has 1 aromatic heterocycles. The first kappa shape index (κ1) is 26.9. The summed E-state index contributed by atoms with van der Waals surface area (Å²) in [5.74, 6) is -1.96. The molecule has 0 spiro atoms. The smallest absolute Gasteiger partial charge is 0.354 e. The minimum atomic E-state index is -4.59. The number of hydrogen-bond donors (Lipinski definition) is 2. The molecule has 1 fully saturated rings. The van der Waals surface area contributed by atoms with E-state index in [1.54, 1.807) is 4.90 Å². The molecule has 2 heterocycles. The number of amides is 1. The van der Waals surface area contributed by atoms with Crippen LogP contribution in [0.3, 0.4) is 0 Å². The first-order valence-corrected chi connectivity index (χ1v) is 13.0. The Kier molecular flexibility index (Phi) is 7.75. The van der Waals surface area contributed by atoms with Crippen LogP contribution < -0.4 is 16.0 Å². The van der Waals surface area contributed by atoms with Gasteiger partial charge in [0.2, 0.25) is 5.91 Å². The number of rotatable bonds is 7. The van der Waals surface area contributed by atoms with Crippen molar-refractivity contribution in [3.63, 3.8) is 0 Å². The molecule has 1 aromatic carbocycles. The van der Waals surface area contributed by atoms with Crippen LogP contribution in [0.1, 0.15) is 60.4 Å². The van der Waals surface area contributed by atoms with Gasteiger partial charge in [-0.25, -0.2) is 17.8 Å². The standard InChI is InChI=1S/C23H28F4N4O3S/c1-13-5-4-10-31(13)21-16(7-9-19(30-21)23(25,26)27)12-29-22(32)14(2)15-6-8-17(18(24)11-15)20(28)35(3,33)34/h6-9,11,13-14,20H,4-5,10,12,28H2,1-3H3,(H,29,32). The van der Waals surface area contributed by atoms with Crippen molar-refractivity contribution in [2.45, 2.75) is 56.7 Å². The van der Waals surface area contributed by atoms with Crippen LogP contribution in [-0.4, -0.2) is 38.2 Å². The highest BCUT2D eigenvalue weighted by molar-refractivity contribution is 7.90. The maximum Gasteiger partial charge on any atom is 0.433 e. The van der Waals surface area contributed by atoms with E-state index in [4.69, 9.17) is 5.73 Å². The number of nitrogens with zero attached hydrogens (tertiary/aromatic N) is 2. The molecule has 1 saturated heterocycles. The van der Waals surface area contributed by atoms with Crippen LogP contribution in [0.4, 0.5) is 23.4 Å². The summed E-state index contributed by atoms with van der Waals surface area (Å²) in [6.45, 7) is 3.95. The van der Waals surface area contributed by atoms with Crippen LogP contribution in [0, 0.1) is 5.82 Å². The van der Waals surface area contributed by atoms with Gasteiger partial charge in [-0.1, -0.05) is 18.2 Å². The Morgan fingerprint density at radius 1 is 1.29 bits per heavy atom. The van der Waals surface area contributed by atoms with Crippen molar-refractivity contribution in [1.82, 2.24) is 10.3 Å². The number of anilines is 1. The van der Waals surface area contributed by atoms with Gasteiger partial charge < -0.3 is 16.0 Å². The normalized spacial score (nSPS) is 18.4. The van der Waals surface area contributed by atoms with Gasteiger partial charge in [0.15, 0.2) is 9.84 Å². The van der Waals surface area contributed by atoms with Crippen molar-refractivity contribution < 1.29 is 30.8 Å². The van der Waals surface area contributed by atoms with E-state index in [0.29, 0.717) is 17.7 Å². The van der Waals surface area contributed by atoms with Gasteiger partial charge in [-0.2, -0.15) is 13.2 Å². The van der Waals surface area contributed by atoms with E-state index in [1.165, 1.54) is 25.1 Å². The predicted octanol–water partition coefficient (Wildman–Crippen LogP) is 3.65. The Bertz CT molecular complexity index is 1200. The largest absolute Gasteiger partial charge is 0.433 e. The molecule has 7 nitrogen and oxygen atoms in total. The topological polar surface area (TPSA) is 105 Å². The van der Waals surface area contributed by atoms with Crippen LogP contribution in [0.15, 0.2) is 30.3 Å². The molecule has 3 unspecified atom stereocenters. The first-order chi connectivity index (χ1) is 16.2. The zero-order valence-electron chi connectivity index (χ0n) is 19.6. The number of halogens is 4. The highest BCUT2D eigenvalue weighted by Gasteiger charge is 2.35. The number of nitrogens with one attached hydrogen (secondary N) is 1. The van der Waals surface area contributed by atoms with Crippen LogP contribution in [0.2, 0.25) is 0 Å². The molecule has 1 amide bonds. The molecule has 1 aliphatic rings. The van der Waals surface area contributed by atoms with Crippen molar-refractivity contribution in [2.75, 3.05) is 17.7 Å². The fraction of sp³-hybridized carbons (Fsp3) is 0.478. The molecule has 1 aliphatic heterocycles. The number of alkyl halides is 3. The fourth-order valence-corrected chi connectivity index (χ4v) is 4.68. The van der Waals surface area contributed by atoms with Crippen LogP contribution in [0.5, 0.6) is 0 Å². The van der Waals surface area contributed by atoms with Gasteiger partial charge in [0.05, 0.1) is 5.92 Å². The van der Waals surface area contributed by atoms with Gasteiger partial charge in [0.1, 0.15) is 22.7 Å². The molecule has 3 atom stereocenters. The summed E-state index contributed by atoms with van der Waals surface area (Å²) in [7, 11) is -3.72. The molecule has 35 heavy (non-hydrogen) atoms. The summed E-state index contributed by atoms with van der Waals surface area (Å²) in [6.07, 6.45) is -2.05. The quantitative estimate of drug-likeness (QED) is 0.545. The predicted molar refractivity (Wildman–Crippen MR) is 124 cm³/mol. The molecular weight excluding hydrogens is 488 g/mol. The molecule has 3 N–H and O–H groups in total. The van der Waals surface area contributed by atoms with E-state index in [0.717, 1.165) is 31.2 Å². The fourth-order valence-electron chi connectivity index (χ4n) is 4.03. The molecular formula is C23H28F4N4O3S. The highest BCUT2D eigenvalue weighted by Crippen LogP contribution is 2.33. The molecule has 2 aromatic rings. The third-order valence-corrected chi connectivity index (χ3v) is 7.39. The summed E-state index contributed by atoms with van der Waals surface area (Å²) in [5.41, 5.74) is 5.12. The zero-order chi connectivity index (χ0) is 26.1. The van der Waals surface area contributed by atoms with Crippen molar-refractivity contribution in [3.05, 3.63) is 58.5 Å². The SMILES string of the molecule is CC(C(=O)NCc1ccc(C(F)(F)F)nc1N1CCCC1C)c1ccc(C(N)S(C)(=O)=O)c(F)c1. The number of benzene rings is 1. The molecule has 0 saturated carbocycles. The van der Waals surface area contributed by atoms with E-state index in [1.807, 2.05) is 6.92 Å². The number of hydrogen-bond acceptors (Lipinski definition) is 6.